The highest BCUT2D eigenvalue weighted by molar-refractivity contribution is 9.10. The average molecular weight is 505 g/mol. The maximum absolute atomic E-state index is 12.9. The molecule has 0 unspecified atom stereocenters. The van der Waals surface area contributed by atoms with E-state index in [1.807, 2.05) is 42.5 Å². The lowest BCUT2D eigenvalue weighted by molar-refractivity contribution is 0.0674. The summed E-state index contributed by atoms with van der Waals surface area (Å²) in [7, 11) is 0. The Labute approximate surface area is 178 Å². The van der Waals surface area contributed by atoms with Crippen LogP contribution in [0.4, 0.5) is 0 Å². The zero-order valence-electron chi connectivity index (χ0n) is 14.6. The van der Waals surface area contributed by atoms with Crippen LogP contribution in [0.1, 0.15) is 32.1 Å². The summed E-state index contributed by atoms with van der Waals surface area (Å²) in [4.78, 5) is 26.4. The molecule has 0 radical (unpaired) electrons. The second kappa shape index (κ2) is 7.52. The molecule has 3 aromatic rings. The molecule has 6 nitrogen and oxygen atoms in total. The van der Waals surface area contributed by atoms with Crippen LogP contribution in [-0.2, 0) is 13.0 Å². The van der Waals surface area contributed by atoms with Crippen LogP contribution in [-0.4, -0.2) is 38.2 Å². The number of carboxylic acids is 1. The van der Waals surface area contributed by atoms with Crippen LogP contribution in [0.25, 0.3) is 5.69 Å². The largest absolute Gasteiger partial charge is 0.476 e. The van der Waals surface area contributed by atoms with E-state index in [1.165, 1.54) is 0 Å². The standard InChI is InChI=1S/C20H15Br2N3O3/c21-12-5-7-13(8-6-12)25-17-9-10-24(11-15(17)18(23-25)20(27)28)19(26)14-3-1-2-4-16(14)22/h1-8H,9-11H2,(H,27,28). The van der Waals surface area contributed by atoms with Crippen molar-refractivity contribution in [2.45, 2.75) is 13.0 Å². The molecular weight excluding hydrogens is 490 g/mol. The Morgan fingerprint density at radius 2 is 1.75 bits per heavy atom. The van der Waals surface area contributed by atoms with Crippen molar-refractivity contribution >= 4 is 43.7 Å². The first kappa shape index (κ1) is 18.9. The first-order chi connectivity index (χ1) is 13.5. The minimum absolute atomic E-state index is 0.0115. The summed E-state index contributed by atoms with van der Waals surface area (Å²) in [6.07, 6.45) is 0.530. The summed E-state index contributed by atoms with van der Waals surface area (Å²) >= 11 is 6.81. The summed E-state index contributed by atoms with van der Waals surface area (Å²) < 4.78 is 3.32. The van der Waals surface area contributed by atoms with E-state index in [1.54, 1.807) is 15.6 Å². The van der Waals surface area contributed by atoms with Crippen LogP contribution in [0.3, 0.4) is 0 Å². The van der Waals surface area contributed by atoms with E-state index in [0.717, 1.165) is 20.3 Å². The normalized spacial score (nSPS) is 13.3. The molecule has 0 saturated carbocycles. The first-order valence-corrected chi connectivity index (χ1v) is 10.2. The zero-order chi connectivity index (χ0) is 19.8. The van der Waals surface area contributed by atoms with Gasteiger partial charge in [0, 0.05) is 27.5 Å². The SMILES string of the molecule is O=C(O)c1nn(-c2ccc(Br)cc2)c2c1CN(C(=O)c1ccccc1Br)CC2. The maximum atomic E-state index is 12.9. The number of hydrogen-bond acceptors (Lipinski definition) is 3. The minimum atomic E-state index is -1.10. The fourth-order valence-electron chi connectivity index (χ4n) is 3.36. The molecule has 0 atom stereocenters. The highest BCUT2D eigenvalue weighted by atomic mass is 79.9. The van der Waals surface area contributed by atoms with Gasteiger partial charge < -0.3 is 10.0 Å². The topological polar surface area (TPSA) is 75.4 Å². The van der Waals surface area contributed by atoms with Gasteiger partial charge in [0.15, 0.2) is 5.69 Å². The van der Waals surface area contributed by atoms with E-state index >= 15 is 0 Å². The second-order valence-electron chi connectivity index (χ2n) is 6.42. The van der Waals surface area contributed by atoms with Crippen LogP contribution in [0.15, 0.2) is 57.5 Å². The molecule has 0 spiro atoms. The Morgan fingerprint density at radius 3 is 2.43 bits per heavy atom. The van der Waals surface area contributed by atoms with E-state index in [9.17, 15) is 14.7 Å². The summed E-state index contributed by atoms with van der Waals surface area (Å²) in [5, 5.41) is 14.0. The van der Waals surface area contributed by atoms with Crippen LogP contribution in [0.2, 0.25) is 0 Å². The third-order valence-electron chi connectivity index (χ3n) is 4.72. The molecule has 1 N–H and O–H groups in total. The first-order valence-electron chi connectivity index (χ1n) is 8.59. The smallest absolute Gasteiger partial charge is 0.356 e. The van der Waals surface area contributed by atoms with Gasteiger partial charge in [0.25, 0.3) is 5.91 Å². The number of nitrogens with zero attached hydrogens (tertiary/aromatic N) is 3. The minimum Gasteiger partial charge on any atom is -0.476 e. The second-order valence-corrected chi connectivity index (χ2v) is 8.19. The van der Waals surface area contributed by atoms with E-state index in [0.29, 0.717) is 24.1 Å². The molecule has 0 fully saturated rings. The van der Waals surface area contributed by atoms with Gasteiger partial charge in [-0.25, -0.2) is 9.48 Å². The molecule has 28 heavy (non-hydrogen) atoms. The number of carbonyl (C=O) groups is 2. The van der Waals surface area contributed by atoms with E-state index in [4.69, 9.17) is 0 Å². The van der Waals surface area contributed by atoms with Crippen LogP contribution in [0.5, 0.6) is 0 Å². The van der Waals surface area contributed by atoms with Crippen molar-refractivity contribution in [1.82, 2.24) is 14.7 Å². The molecule has 8 heteroatoms. The van der Waals surface area contributed by atoms with Gasteiger partial charge in [0.05, 0.1) is 23.5 Å². The summed E-state index contributed by atoms with van der Waals surface area (Å²) in [5.74, 6) is -1.23. The van der Waals surface area contributed by atoms with E-state index < -0.39 is 5.97 Å². The van der Waals surface area contributed by atoms with Crippen LogP contribution < -0.4 is 0 Å². The quantitative estimate of drug-likeness (QED) is 0.577. The van der Waals surface area contributed by atoms with Crippen molar-refractivity contribution in [1.29, 1.82) is 0 Å². The molecular formula is C20H15Br2N3O3. The van der Waals surface area contributed by atoms with Crippen LogP contribution in [0, 0.1) is 0 Å². The van der Waals surface area contributed by atoms with Gasteiger partial charge in [-0.2, -0.15) is 5.10 Å². The maximum Gasteiger partial charge on any atom is 0.356 e. The Morgan fingerprint density at radius 1 is 1.04 bits per heavy atom. The third kappa shape index (κ3) is 3.38. The Balaban J connectivity index is 1.72. The van der Waals surface area contributed by atoms with Crippen molar-refractivity contribution in [3.63, 3.8) is 0 Å². The van der Waals surface area contributed by atoms with Crippen molar-refractivity contribution in [2.24, 2.45) is 0 Å². The average Bonchev–Trinajstić information content (AvgIpc) is 3.07. The number of rotatable bonds is 3. The molecule has 0 bridgehead atoms. The van der Waals surface area contributed by atoms with Gasteiger partial charge in [-0.3, -0.25) is 4.79 Å². The molecule has 0 aliphatic carbocycles. The van der Waals surface area contributed by atoms with Crippen LogP contribution >= 0.6 is 31.9 Å². The zero-order valence-corrected chi connectivity index (χ0v) is 17.8. The Bertz CT molecular complexity index is 1080. The van der Waals surface area contributed by atoms with Gasteiger partial charge in [-0.1, -0.05) is 28.1 Å². The van der Waals surface area contributed by atoms with Crippen molar-refractivity contribution in [3.8, 4) is 5.69 Å². The van der Waals surface area contributed by atoms with E-state index in [-0.39, 0.29) is 18.1 Å². The van der Waals surface area contributed by atoms with Gasteiger partial charge in [0.1, 0.15) is 0 Å². The lowest BCUT2D eigenvalue weighted by Crippen LogP contribution is -2.36. The fourth-order valence-corrected chi connectivity index (χ4v) is 4.08. The molecule has 2 aromatic carbocycles. The molecule has 1 aliphatic rings. The highest BCUT2D eigenvalue weighted by Crippen LogP contribution is 2.28. The number of halogens is 2. The number of carbonyl (C=O) groups excluding carboxylic acids is 1. The van der Waals surface area contributed by atoms with Gasteiger partial charge in [-0.15, -0.1) is 0 Å². The van der Waals surface area contributed by atoms with Gasteiger partial charge in [-0.05, 0) is 52.3 Å². The summed E-state index contributed by atoms with van der Waals surface area (Å²) in [6.45, 7) is 0.710. The number of hydrogen-bond donors (Lipinski definition) is 1. The van der Waals surface area contributed by atoms with Crippen molar-refractivity contribution < 1.29 is 14.7 Å². The number of amides is 1. The third-order valence-corrected chi connectivity index (χ3v) is 5.94. The number of benzene rings is 2. The molecule has 1 aliphatic heterocycles. The number of carboxylic acid groups (broad SMARTS) is 1. The van der Waals surface area contributed by atoms with Gasteiger partial charge in [0.2, 0.25) is 0 Å². The summed E-state index contributed by atoms with van der Waals surface area (Å²) in [6, 6.07) is 14.7. The molecule has 142 valence electrons. The van der Waals surface area contributed by atoms with Crippen molar-refractivity contribution in [2.75, 3.05) is 6.54 Å². The number of aromatic nitrogens is 2. The van der Waals surface area contributed by atoms with Gasteiger partial charge >= 0.3 is 5.97 Å². The Kier molecular flexibility index (Phi) is 5.07. The lowest BCUT2D eigenvalue weighted by Gasteiger charge is -2.28. The molecule has 1 amide bonds. The molecule has 0 saturated heterocycles. The highest BCUT2D eigenvalue weighted by Gasteiger charge is 2.31. The lowest BCUT2D eigenvalue weighted by atomic mass is 10.0. The summed E-state index contributed by atoms with van der Waals surface area (Å²) in [5.41, 5.74) is 2.75. The molecule has 1 aromatic heterocycles. The number of aromatic carboxylic acids is 1. The Hall–Kier alpha value is -2.45. The monoisotopic (exact) mass is 503 g/mol. The molecule has 2 heterocycles. The predicted octanol–water partition coefficient (Wildman–Crippen LogP) is 4.29. The fraction of sp³-hybridized carbons (Fsp3) is 0.150. The number of fused-ring (bicyclic) bond motifs is 1. The molecule has 4 rings (SSSR count). The predicted molar refractivity (Wildman–Crippen MR) is 111 cm³/mol. The van der Waals surface area contributed by atoms with E-state index in [2.05, 4.69) is 37.0 Å². The van der Waals surface area contributed by atoms with Crippen molar-refractivity contribution in [3.05, 3.63) is 80.0 Å².